The number of rotatable bonds is 1. The summed E-state index contributed by atoms with van der Waals surface area (Å²) in [7, 11) is 1.57. The van der Waals surface area contributed by atoms with E-state index in [0.717, 1.165) is 12.1 Å². The molecule has 15 heavy (non-hydrogen) atoms. The zero-order valence-electron chi connectivity index (χ0n) is 7.65. The number of alkyl halides is 3. The smallest absolute Gasteiger partial charge is 0.412 e. The molecule has 0 heterocycles. The van der Waals surface area contributed by atoms with Crippen LogP contribution >= 0.6 is 0 Å². The largest absolute Gasteiger partial charge is 0.573 e. The van der Waals surface area contributed by atoms with Gasteiger partial charge in [0.2, 0.25) is 0 Å². The van der Waals surface area contributed by atoms with E-state index in [4.69, 9.17) is 0 Å². The molecule has 0 atom stereocenters. The van der Waals surface area contributed by atoms with Gasteiger partial charge in [0.05, 0.1) is 0 Å². The molecule has 1 aromatic carbocycles. The van der Waals surface area contributed by atoms with Crippen molar-refractivity contribution in [1.29, 1.82) is 0 Å². The van der Waals surface area contributed by atoms with Crippen molar-refractivity contribution in [3.63, 3.8) is 0 Å². The van der Waals surface area contributed by atoms with Gasteiger partial charge in [-0.2, -0.15) is 0 Å². The Kier molecular flexibility index (Phi) is 6.00. The summed E-state index contributed by atoms with van der Waals surface area (Å²) in [6.45, 7) is 0. The van der Waals surface area contributed by atoms with E-state index in [1.807, 2.05) is 0 Å². The zero-order valence-corrected chi connectivity index (χ0v) is 7.65. The Labute approximate surface area is 83.7 Å². The number of hydrogen-bond donors (Lipinski definition) is 0. The first-order valence-corrected chi connectivity index (χ1v) is 3.40. The van der Waals surface area contributed by atoms with Crippen molar-refractivity contribution < 1.29 is 33.3 Å². The molecule has 0 amide bonds. The molecule has 1 aromatic rings. The van der Waals surface area contributed by atoms with E-state index < -0.39 is 17.9 Å². The predicted octanol–water partition coefficient (Wildman–Crippen LogP) is -0.667. The first-order chi connectivity index (χ1) is 5.88. The van der Waals surface area contributed by atoms with Crippen LogP contribution in [0.1, 0.15) is 0 Å². The molecule has 0 saturated carbocycles. The first-order valence-electron chi connectivity index (χ1n) is 3.40. The normalized spacial score (nSPS) is 9.87. The quantitative estimate of drug-likeness (QED) is 0.464. The van der Waals surface area contributed by atoms with Crippen molar-refractivity contribution in [2.45, 2.75) is 6.36 Å². The van der Waals surface area contributed by atoms with Crippen molar-refractivity contribution in [3.05, 3.63) is 24.0 Å². The molecule has 0 bridgehead atoms. The third kappa shape index (κ3) is 5.23. The Morgan fingerprint density at radius 1 is 1.13 bits per heavy atom. The van der Waals surface area contributed by atoms with E-state index in [2.05, 4.69) is 4.74 Å². The van der Waals surface area contributed by atoms with Crippen LogP contribution in [-0.4, -0.2) is 25.2 Å². The number of hydrogen-bond acceptors (Lipinski definition) is 1. The van der Waals surface area contributed by atoms with Gasteiger partial charge in [-0.1, -0.05) is 11.5 Å². The summed E-state index contributed by atoms with van der Waals surface area (Å²) in [4.78, 5) is 0. The number of benzene rings is 1. The van der Waals surface area contributed by atoms with E-state index in [9.17, 15) is 17.6 Å². The van der Waals surface area contributed by atoms with Gasteiger partial charge in [0.25, 0.3) is 0 Å². The van der Waals surface area contributed by atoms with Crippen LogP contribution in [0.5, 0.6) is 5.75 Å². The average molecular weight is 228 g/mol. The molecule has 0 aliphatic rings. The van der Waals surface area contributed by atoms with Crippen LogP contribution in [0.15, 0.2) is 18.2 Å². The molecule has 1 rings (SSSR count). The van der Waals surface area contributed by atoms with Gasteiger partial charge < -0.3 is 15.7 Å². The second-order valence-corrected chi connectivity index (χ2v) is 2.48. The lowest BCUT2D eigenvalue weighted by Gasteiger charge is -2.09. The summed E-state index contributed by atoms with van der Waals surface area (Å²) < 4.78 is 51.1. The highest BCUT2D eigenvalue weighted by Crippen LogP contribution is 2.24. The summed E-state index contributed by atoms with van der Waals surface area (Å²) in [5, 5.41) is 0. The fourth-order valence-corrected chi connectivity index (χ4v) is 0.813. The third-order valence-corrected chi connectivity index (χ3v) is 1.31. The standard InChI is InChI=1S/C7H5BF4O.2H2O/c8-4-1-2-6(5(9)3-4)13-7(10,11)12;;/h1-3H,8H2;2*1H2. The van der Waals surface area contributed by atoms with E-state index in [1.54, 1.807) is 7.85 Å². The summed E-state index contributed by atoms with van der Waals surface area (Å²) >= 11 is 0. The summed E-state index contributed by atoms with van der Waals surface area (Å²) in [6.07, 6.45) is -4.85. The van der Waals surface area contributed by atoms with Crippen LogP contribution in [-0.2, 0) is 0 Å². The van der Waals surface area contributed by atoms with Crippen LogP contribution in [0.25, 0.3) is 0 Å². The van der Waals surface area contributed by atoms with E-state index in [-0.39, 0.29) is 11.0 Å². The van der Waals surface area contributed by atoms with Crippen molar-refractivity contribution in [3.8, 4) is 5.75 Å². The minimum Gasteiger partial charge on any atom is -0.412 e. The predicted molar refractivity (Wildman–Crippen MR) is 48.5 cm³/mol. The van der Waals surface area contributed by atoms with Crippen LogP contribution in [0.4, 0.5) is 17.6 Å². The molecule has 0 saturated heterocycles. The molecule has 0 spiro atoms. The molecular formula is C7H9BF4O3. The maximum absolute atomic E-state index is 12.8. The number of ether oxygens (including phenoxy) is 1. The molecule has 0 aliphatic heterocycles. The minimum atomic E-state index is -4.85. The van der Waals surface area contributed by atoms with Gasteiger partial charge in [0.1, 0.15) is 7.85 Å². The van der Waals surface area contributed by atoms with Crippen LogP contribution in [0.3, 0.4) is 0 Å². The average Bonchev–Trinajstić information content (AvgIpc) is 1.93. The van der Waals surface area contributed by atoms with Crippen LogP contribution in [0.2, 0.25) is 0 Å². The van der Waals surface area contributed by atoms with Gasteiger partial charge in [-0.05, 0) is 12.1 Å². The molecule has 86 valence electrons. The highest BCUT2D eigenvalue weighted by molar-refractivity contribution is 6.32. The third-order valence-electron chi connectivity index (χ3n) is 1.31. The molecule has 0 radical (unpaired) electrons. The molecule has 4 N–H and O–H groups in total. The maximum atomic E-state index is 12.8. The van der Waals surface area contributed by atoms with Crippen molar-refractivity contribution in [2.75, 3.05) is 0 Å². The van der Waals surface area contributed by atoms with E-state index in [1.165, 1.54) is 6.07 Å². The maximum Gasteiger partial charge on any atom is 0.573 e. The Hall–Kier alpha value is -1.28. The molecule has 0 aliphatic carbocycles. The molecule has 0 aromatic heterocycles. The Balaban J connectivity index is 0. The SMILES string of the molecule is Bc1ccc(OC(F)(F)F)c(F)c1.O.O. The van der Waals surface area contributed by atoms with Crippen molar-refractivity contribution in [1.82, 2.24) is 0 Å². The van der Waals surface area contributed by atoms with Crippen LogP contribution in [0, 0.1) is 5.82 Å². The van der Waals surface area contributed by atoms with E-state index in [0.29, 0.717) is 5.46 Å². The Morgan fingerprint density at radius 2 is 1.67 bits per heavy atom. The van der Waals surface area contributed by atoms with Gasteiger partial charge >= 0.3 is 6.36 Å². The second kappa shape index (κ2) is 5.57. The minimum absolute atomic E-state index is 0. The zero-order chi connectivity index (χ0) is 10.1. The van der Waals surface area contributed by atoms with Gasteiger partial charge in [0, 0.05) is 0 Å². The molecule has 0 unspecified atom stereocenters. The highest BCUT2D eigenvalue weighted by atomic mass is 19.4. The van der Waals surface area contributed by atoms with Gasteiger partial charge in [0.15, 0.2) is 11.6 Å². The topological polar surface area (TPSA) is 72.2 Å². The van der Waals surface area contributed by atoms with Crippen molar-refractivity contribution >= 4 is 13.3 Å². The fourth-order valence-electron chi connectivity index (χ4n) is 0.813. The van der Waals surface area contributed by atoms with Crippen LogP contribution < -0.4 is 10.2 Å². The molecule has 8 heteroatoms. The van der Waals surface area contributed by atoms with Gasteiger partial charge in [-0.25, -0.2) is 4.39 Å². The lowest BCUT2D eigenvalue weighted by Crippen LogP contribution is -2.18. The lowest BCUT2D eigenvalue weighted by molar-refractivity contribution is -0.275. The van der Waals surface area contributed by atoms with Crippen molar-refractivity contribution in [2.24, 2.45) is 0 Å². The molecule has 3 nitrogen and oxygen atoms in total. The fraction of sp³-hybridized carbons (Fsp3) is 0.143. The second-order valence-electron chi connectivity index (χ2n) is 2.48. The summed E-state index contributed by atoms with van der Waals surface area (Å²) in [6, 6.07) is 3.25. The highest BCUT2D eigenvalue weighted by Gasteiger charge is 2.32. The summed E-state index contributed by atoms with van der Waals surface area (Å²) in [5.74, 6) is -1.82. The Morgan fingerprint density at radius 3 is 2.07 bits per heavy atom. The van der Waals surface area contributed by atoms with E-state index >= 15 is 0 Å². The molecule has 0 fully saturated rings. The summed E-state index contributed by atoms with van der Waals surface area (Å²) in [5.41, 5.74) is 0.534. The van der Waals surface area contributed by atoms with Gasteiger partial charge in [-0.3, -0.25) is 0 Å². The monoisotopic (exact) mass is 228 g/mol. The lowest BCUT2D eigenvalue weighted by atomic mass is 9.96. The van der Waals surface area contributed by atoms with Gasteiger partial charge in [-0.15, -0.1) is 13.2 Å². The first kappa shape index (κ1) is 16.2. The molecular weight excluding hydrogens is 219 g/mol. The number of halogens is 4. The Bertz CT molecular complexity index is 316.